The van der Waals surface area contributed by atoms with Crippen molar-refractivity contribution in [3.05, 3.63) is 21.9 Å². The predicted molar refractivity (Wildman–Crippen MR) is 61.9 cm³/mol. The topological polar surface area (TPSA) is 29.3 Å². The zero-order chi connectivity index (χ0) is 12.5. The van der Waals surface area contributed by atoms with Gasteiger partial charge in [0, 0.05) is 18.0 Å². The molecule has 0 spiro atoms. The molecule has 0 radical (unpaired) electrons. The van der Waals surface area contributed by atoms with Gasteiger partial charge in [0.2, 0.25) is 0 Å². The number of fused-ring (bicyclic) bond motifs is 1. The molecule has 1 aromatic heterocycles. The van der Waals surface area contributed by atoms with Crippen LogP contribution in [0.25, 0.3) is 0 Å². The van der Waals surface area contributed by atoms with Gasteiger partial charge in [-0.05, 0) is 36.4 Å². The van der Waals surface area contributed by atoms with Gasteiger partial charge in [-0.2, -0.15) is 13.2 Å². The molecule has 1 atom stereocenters. The molecule has 96 valence electrons. The van der Waals surface area contributed by atoms with Crippen molar-refractivity contribution in [3.8, 4) is 0 Å². The first kappa shape index (κ1) is 12.9. The molecule has 17 heavy (non-hydrogen) atoms. The lowest BCUT2D eigenvalue weighted by molar-refractivity contribution is -0.187. The van der Waals surface area contributed by atoms with Gasteiger partial charge in [0.25, 0.3) is 0 Å². The Kier molecular flexibility index (Phi) is 3.75. The van der Waals surface area contributed by atoms with E-state index in [0.717, 1.165) is 5.56 Å². The largest absolute Gasteiger partial charge is 0.404 e. The summed E-state index contributed by atoms with van der Waals surface area (Å²) in [7, 11) is 0. The third-order valence-electron chi connectivity index (χ3n) is 3.10. The van der Waals surface area contributed by atoms with Gasteiger partial charge in [-0.3, -0.25) is 4.90 Å². The SMILES string of the molecule is NCCC(N1CCc2sccc2C1)C(F)(F)F. The minimum atomic E-state index is -4.19. The van der Waals surface area contributed by atoms with Crippen LogP contribution in [0, 0.1) is 0 Å². The van der Waals surface area contributed by atoms with E-state index in [0.29, 0.717) is 19.5 Å². The average Bonchev–Trinajstić information content (AvgIpc) is 2.71. The summed E-state index contributed by atoms with van der Waals surface area (Å²) >= 11 is 1.63. The van der Waals surface area contributed by atoms with Gasteiger partial charge in [0.15, 0.2) is 0 Å². The number of nitrogens with zero attached hydrogens (tertiary/aromatic N) is 1. The van der Waals surface area contributed by atoms with Crippen LogP contribution in [0.3, 0.4) is 0 Å². The number of hydrogen-bond donors (Lipinski definition) is 1. The molecular weight excluding hydrogens is 249 g/mol. The van der Waals surface area contributed by atoms with Gasteiger partial charge >= 0.3 is 6.18 Å². The quantitative estimate of drug-likeness (QED) is 0.908. The van der Waals surface area contributed by atoms with Crippen LogP contribution in [0.1, 0.15) is 16.9 Å². The van der Waals surface area contributed by atoms with E-state index < -0.39 is 12.2 Å². The van der Waals surface area contributed by atoms with Crippen molar-refractivity contribution in [3.63, 3.8) is 0 Å². The fourth-order valence-corrected chi connectivity index (χ4v) is 3.14. The molecule has 1 unspecified atom stereocenters. The second kappa shape index (κ2) is 4.96. The Bertz CT molecular complexity index is 375. The lowest BCUT2D eigenvalue weighted by atomic mass is 10.0. The van der Waals surface area contributed by atoms with E-state index in [2.05, 4.69) is 0 Å². The lowest BCUT2D eigenvalue weighted by Crippen LogP contribution is -2.48. The molecule has 2 N–H and O–H groups in total. The van der Waals surface area contributed by atoms with E-state index in [1.165, 1.54) is 9.78 Å². The summed E-state index contributed by atoms with van der Waals surface area (Å²) in [6, 6.07) is 0.516. The van der Waals surface area contributed by atoms with Crippen molar-refractivity contribution in [2.45, 2.75) is 31.6 Å². The van der Waals surface area contributed by atoms with Crippen LogP contribution in [0.5, 0.6) is 0 Å². The Balaban J connectivity index is 2.12. The number of nitrogens with two attached hydrogens (primary N) is 1. The molecule has 2 rings (SSSR count). The van der Waals surface area contributed by atoms with Crippen molar-refractivity contribution in [1.82, 2.24) is 4.90 Å². The smallest absolute Gasteiger partial charge is 0.330 e. The van der Waals surface area contributed by atoms with Crippen LogP contribution in [0.4, 0.5) is 13.2 Å². The molecule has 0 saturated heterocycles. The van der Waals surface area contributed by atoms with Crippen LogP contribution >= 0.6 is 11.3 Å². The van der Waals surface area contributed by atoms with Gasteiger partial charge < -0.3 is 5.73 Å². The van der Waals surface area contributed by atoms with Gasteiger partial charge in [0.05, 0.1) is 0 Å². The minimum Gasteiger partial charge on any atom is -0.330 e. The number of hydrogen-bond acceptors (Lipinski definition) is 3. The minimum absolute atomic E-state index is 0.0248. The van der Waals surface area contributed by atoms with Crippen LogP contribution < -0.4 is 5.73 Å². The molecule has 0 amide bonds. The molecule has 0 bridgehead atoms. The van der Waals surface area contributed by atoms with E-state index in [9.17, 15) is 13.2 Å². The fraction of sp³-hybridized carbons (Fsp3) is 0.636. The molecule has 6 heteroatoms. The summed E-state index contributed by atoms with van der Waals surface area (Å²) in [5, 5.41) is 1.94. The summed E-state index contributed by atoms with van der Waals surface area (Å²) in [4.78, 5) is 2.72. The van der Waals surface area contributed by atoms with Gasteiger partial charge in [-0.1, -0.05) is 0 Å². The van der Waals surface area contributed by atoms with Gasteiger partial charge in [-0.15, -0.1) is 11.3 Å². The van der Waals surface area contributed by atoms with Crippen molar-refractivity contribution < 1.29 is 13.2 Å². The summed E-state index contributed by atoms with van der Waals surface area (Å²) in [6.45, 7) is 0.928. The molecule has 0 saturated carbocycles. The average molecular weight is 264 g/mol. The molecule has 1 aromatic rings. The van der Waals surface area contributed by atoms with Gasteiger partial charge in [0.1, 0.15) is 6.04 Å². The van der Waals surface area contributed by atoms with Crippen molar-refractivity contribution in [2.24, 2.45) is 5.73 Å². The number of halogens is 3. The first-order valence-electron chi connectivity index (χ1n) is 5.58. The summed E-state index contributed by atoms with van der Waals surface area (Å²) in [5.41, 5.74) is 6.32. The zero-order valence-electron chi connectivity index (χ0n) is 9.33. The van der Waals surface area contributed by atoms with E-state index in [1.807, 2.05) is 11.4 Å². The van der Waals surface area contributed by atoms with Crippen molar-refractivity contribution >= 4 is 11.3 Å². The predicted octanol–water partition coefficient (Wildman–Crippen LogP) is 2.39. The molecular formula is C11H15F3N2S. The highest BCUT2D eigenvalue weighted by Gasteiger charge is 2.43. The highest BCUT2D eigenvalue weighted by atomic mass is 32.1. The Morgan fingerprint density at radius 2 is 2.24 bits per heavy atom. The summed E-state index contributed by atoms with van der Waals surface area (Å²) in [6.07, 6.45) is -3.50. The standard InChI is InChI=1S/C11H15F3N2S/c12-11(13,14)10(1-4-15)16-5-2-9-8(7-16)3-6-17-9/h3,6,10H,1-2,4-5,7,15H2. The monoisotopic (exact) mass is 264 g/mol. The highest BCUT2D eigenvalue weighted by molar-refractivity contribution is 7.10. The maximum Gasteiger partial charge on any atom is 0.404 e. The van der Waals surface area contributed by atoms with Crippen LogP contribution in [-0.4, -0.2) is 30.2 Å². The third kappa shape index (κ3) is 2.81. The molecule has 1 aliphatic heterocycles. The lowest BCUT2D eigenvalue weighted by Gasteiger charge is -2.35. The molecule has 2 heterocycles. The summed E-state index contributed by atoms with van der Waals surface area (Å²) < 4.78 is 38.7. The van der Waals surface area contributed by atoms with Gasteiger partial charge in [-0.25, -0.2) is 0 Å². The van der Waals surface area contributed by atoms with E-state index in [-0.39, 0.29) is 13.0 Å². The maximum atomic E-state index is 12.9. The molecule has 0 aromatic carbocycles. The van der Waals surface area contributed by atoms with Crippen molar-refractivity contribution in [2.75, 3.05) is 13.1 Å². The van der Waals surface area contributed by atoms with Crippen LogP contribution in [-0.2, 0) is 13.0 Å². The first-order chi connectivity index (χ1) is 8.02. The molecule has 2 nitrogen and oxygen atoms in total. The summed E-state index contributed by atoms with van der Waals surface area (Å²) in [5.74, 6) is 0. The number of thiophene rings is 1. The Labute approximate surface area is 102 Å². The first-order valence-corrected chi connectivity index (χ1v) is 6.46. The van der Waals surface area contributed by atoms with E-state index in [1.54, 1.807) is 11.3 Å². The van der Waals surface area contributed by atoms with E-state index >= 15 is 0 Å². The molecule has 0 fully saturated rings. The second-order valence-corrected chi connectivity index (χ2v) is 5.22. The van der Waals surface area contributed by atoms with Crippen LogP contribution in [0.15, 0.2) is 11.4 Å². The third-order valence-corrected chi connectivity index (χ3v) is 4.12. The fourth-order valence-electron chi connectivity index (χ4n) is 2.25. The Morgan fingerprint density at radius 3 is 2.88 bits per heavy atom. The maximum absolute atomic E-state index is 12.9. The Hall–Kier alpha value is -0.590. The number of rotatable bonds is 3. The number of alkyl halides is 3. The Morgan fingerprint density at radius 1 is 1.47 bits per heavy atom. The van der Waals surface area contributed by atoms with E-state index in [4.69, 9.17) is 5.73 Å². The zero-order valence-corrected chi connectivity index (χ0v) is 10.2. The molecule has 0 aliphatic carbocycles. The normalized spacial score (nSPS) is 19.1. The van der Waals surface area contributed by atoms with Crippen molar-refractivity contribution in [1.29, 1.82) is 0 Å². The molecule has 1 aliphatic rings. The van der Waals surface area contributed by atoms with Crippen LogP contribution in [0.2, 0.25) is 0 Å². The second-order valence-electron chi connectivity index (χ2n) is 4.22. The highest BCUT2D eigenvalue weighted by Crippen LogP contribution is 2.32.